The number of aromatic nitrogens is 1. The van der Waals surface area contributed by atoms with Crippen LogP contribution < -0.4 is 5.56 Å². The molecule has 1 aliphatic rings. The van der Waals surface area contributed by atoms with Crippen LogP contribution in [-0.4, -0.2) is 28.4 Å². The van der Waals surface area contributed by atoms with Crippen molar-refractivity contribution < 1.29 is 4.79 Å². The van der Waals surface area contributed by atoms with Gasteiger partial charge in [-0.15, -0.1) is 11.3 Å². The highest BCUT2D eigenvalue weighted by atomic mass is 32.1. The van der Waals surface area contributed by atoms with Crippen LogP contribution in [0.1, 0.15) is 35.9 Å². The molecule has 1 N–H and O–H groups in total. The zero-order valence-electron chi connectivity index (χ0n) is 13.0. The summed E-state index contributed by atoms with van der Waals surface area (Å²) in [6.45, 7) is 2.91. The number of aromatic amines is 1. The molecule has 0 aliphatic carbocycles. The fraction of sp³-hybridized carbons (Fsp3) is 0.333. The minimum Gasteiger partial charge on any atom is -0.335 e. The second kappa shape index (κ2) is 5.49. The average Bonchev–Trinajstić information content (AvgIpc) is 3.01. The third kappa shape index (κ3) is 2.36. The van der Waals surface area contributed by atoms with Crippen molar-refractivity contribution in [2.75, 3.05) is 6.54 Å². The van der Waals surface area contributed by atoms with Gasteiger partial charge in [0.05, 0.1) is 10.3 Å². The Kier molecular flexibility index (Phi) is 3.45. The lowest BCUT2D eigenvalue weighted by atomic mass is 10.0. The molecule has 0 saturated carbocycles. The van der Waals surface area contributed by atoms with Gasteiger partial charge in [-0.2, -0.15) is 0 Å². The maximum atomic E-state index is 12.9. The van der Waals surface area contributed by atoms with E-state index in [1.165, 1.54) is 17.8 Å². The molecule has 0 radical (unpaired) electrons. The predicted octanol–water partition coefficient (Wildman–Crippen LogP) is 3.76. The molecule has 1 saturated heterocycles. The van der Waals surface area contributed by atoms with Crippen LogP contribution in [0.2, 0.25) is 0 Å². The summed E-state index contributed by atoms with van der Waals surface area (Å²) in [7, 11) is 0. The van der Waals surface area contributed by atoms with E-state index in [0.29, 0.717) is 10.3 Å². The summed E-state index contributed by atoms with van der Waals surface area (Å²) in [6.07, 6.45) is 3.30. The Labute approximate surface area is 137 Å². The number of piperidine rings is 1. The summed E-state index contributed by atoms with van der Waals surface area (Å²) < 4.78 is 0.900. The Bertz CT molecular complexity index is 956. The minimum atomic E-state index is -0.124. The van der Waals surface area contributed by atoms with Gasteiger partial charge in [0.1, 0.15) is 0 Å². The molecule has 3 aromatic rings. The first kappa shape index (κ1) is 14.5. The van der Waals surface area contributed by atoms with Gasteiger partial charge in [0.2, 0.25) is 0 Å². The number of carbonyl (C=O) groups excluding carboxylic acids is 1. The highest BCUT2D eigenvalue weighted by Gasteiger charge is 2.26. The van der Waals surface area contributed by atoms with Gasteiger partial charge in [-0.25, -0.2) is 0 Å². The second-order valence-electron chi connectivity index (χ2n) is 6.20. The number of nitrogens with one attached hydrogen (secondary N) is 1. The van der Waals surface area contributed by atoms with Gasteiger partial charge in [0, 0.05) is 28.2 Å². The molecule has 0 bridgehead atoms. The number of thiophene rings is 1. The van der Waals surface area contributed by atoms with Crippen LogP contribution in [0.4, 0.5) is 0 Å². The topological polar surface area (TPSA) is 53.2 Å². The lowest BCUT2D eigenvalue weighted by molar-refractivity contribution is 0.0641. The number of hydrogen-bond donors (Lipinski definition) is 1. The van der Waals surface area contributed by atoms with E-state index < -0.39 is 0 Å². The van der Waals surface area contributed by atoms with Gasteiger partial charge < -0.3 is 9.88 Å². The van der Waals surface area contributed by atoms with E-state index in [2.05, 4.69) is 11.9 Å². The quantitative estimate of drug-likeness (QED) is 0.740. The van der Waals surface area contributed by atoms with Crippen molar-refractivity contribution in [3.05, 3.63) is 45.6 Å². The first-order valence-corrected chi connectivity index (χ1v) is 8.82. The molecule has 0 spiro atoms. The van der Waals surface area contributed by atoms with E-state index in [9.17, 15) is 9.59 Å². The van der Waals surface area contributed by atoms with E-state index in [1.807, 2.05) is 29.2 Å². The number of para-hydroxylation sites is 1. The zero-order chi connectivity index (χ0) is 16.0. The number of pyridine rings is 1. The number of likely N-dealkylation sites (tertiary alicyclic amines) is 1. The van der Waals surface area contributed by atoms with Gasteiger partial charge in [-0.05, 0) is 38.3 Å². The Morgan fingerprint density at radius 2 is 2.09 bits per heavy atom. The van der Waals surface area contributed by atoms with Gasteiger partial charge in [0.15, 0.2) is 0 Å². The third-order valence-electron chi connectivity index (χ3n) is 4.67. The molecule has 4 rings (SSSR count). The molecule has 1 fully saturated rings. The van der Waals surface area contributed by atoms with Crippen molar-refractivity contribution in [1.82, 2.24) is 9.88 Å². The number of benzene rings is 1. The van der Waals surface area contributed by atoms with Crippen molar-refractivity contribution in [3.63, 3.8) is 0 Å². The van der Waals surface area contributed by atoms with Crippen molar-refractivity contribution in [3.8, 4) is 0 Å². The largest absolute Gasteiger partial charge is 0.335 e. The third-order valence-corrected chi connectivity index (χ3v) is 5.83. The van der Waals surface area contributed by atoms with Crippen LogP contribution in [0.3, 0.4) is 0 Å². The molecule has 23 heavy (non-hydrogen) atoms. The van der Waals surface area contributed by atoms with Crippen LogP contribution >= 0.6 is 11.3 Å². The first-order chi connectivity index (χ1) is 11.1. The smallest absolute Gasteiger partial charge is 0.264 e. The lowest BCUT2D eigenvalue weighted by Gasteiger charge is -2.33. The highest BCUT2D eigenvalue weighted by molar-refractivity contribution is 7.21. The molecule has 118 valence electrons. The number of carbonyl (C=O) groups is 1. The molecule has 1 atom stereocenters. The second-order valence-corrected chi connectivity index (χ2v) is 7.25. The highest BCUT2D eigenvalue weighted by Crippen LogP contribution is 2.31. The summed E-state index contributed by atoms with van der Waals surface area (Å²) in [5, 5.41) is 1.61. The minimum absolute atomic E-state index is 0.0573. The summed E-state index contributed by atoms with van der Waals surface area (Å²) in [5.74, 6) is 0.0573. The Morgan fingerprint density at radius 3 is 2.91 bits per heavy atom. The number of hydrogen-bond acceptors (Lipinski definition) is 3. The number of rotatable bonds is 1. The number of H-pyrrole nitrogens is 1. The predicted molar refractivity (Wildman–Crippen MR) is 94.3 cm³/mol. The van der Waals surface area contributed by atoms with E-state index in [1.54, 1.807) is 6.07 Å². The van der Waals surface area contributed by atoms with Crippen molar-refractivity contribution >= 4 is 38.2 Å². The van der Waals surface area contributed by atoms with E-state index >= 15 is 0 Å². The Morgan fingerprint density at radius 1 is 1.26 bits per heavy atom. The summed E-state index contributed by atoms with van der Waals surface area (Å²) in [4.78, 5) is 30.7. The summed E-state index contributed by atoms with van der Waals surface area (Å²) in [6, 6.07) is 9.77. The van der Waals surface area contributed by atoms with Crippen LogP contribution in [0.15, 0.2) is 35.1 Å². The van der Waals surface area contributed by atoms with E-state index in [0.717, 1.165) is 35.0 Å². The van der Waals surface area contributed by atoms with E-state index in [4.69, 9.17) is 0 Å². The average molecular weight is 326 g/mol. The first-order valence-electron chi connectivity index (χ1n) is 8.00. The molecular weight excluding hydrogens is 308 g/mol. The Hall–Kier alpha value is -2.14. The molecule has 3 heterocycles. The molecule has 1 unspecified atom stereocenters. The van der Waals surface area contributed by atoms with Crippen LogP contribution in [0.5, 0.6) is 0 Å². The molecule has 5 heteroatoms. The monoisotopic (exact) mass is 326 g/mol. The molecule has 1 aromatic carbocycles. The molecular formula is C18H18N2O2S. The van der Waals surface area contributed by atoms with Crippen LogP contribution in [0.25, 0.3) is 21.0 Å². The fourth-order valence-corrected chi connectivity index (χ4v) is 4.54. The molecule has 1 aliphatic heterocycles. The zero-order valence-corrected chi connectivity index (χ0v) is 13.8. The Balaban J connectivity index is 1.85. The lowest BCUT2D eigenvalue weighted by Crippen LogP contribution is -2.41. The van der Waals surface area contributed by atoms with Crippen LogP contribution in [0, 0.1) is 0 Å². The molecule has 4 nitrogen and oxygen atoms in total. The van der Waals surface area contributed by atoms with Gasteiger partial charge in [-0.1, -0.05) is 18.2 Å². The fourth-order valence-electron chi connectivity index (χ4n) is 3.39. The maximum Gasteiger partial charge on any atom is 0.264 e. The molecule has 1 amide bonds. The summed E-state index contributed by atoms with van der Waals surface area (Å²) >= 11 is 1.43. The van der Waals surface area contributed by atoms with Gasteiger partial charge in [0.25, 0.3) is 11.5 Å². The van der Waals surface area contributed by atoms with Crippen molar-refractivity contribution in [1.29, 1.82) is 0 Å². The number of fused-ring (bicyclic) bond motifs is 3. The van der Waals surface area contributed by atoms with Gasteiger partial charge in [-0.3, -0.25) is 9.59 Å². The molecule has 2 aromatic heterocycles. The van der Waals surface area contributed by atoms with Gasteiger partial charge >= 0.3 is 0 Å². The summed E-state index contributed by atoms with van der Waals surface area (Å²) in [5.41, 5.74) is 0.692. The van der Waals surface area contributed by atoms with Crippen molar-refractivity contribution in [2.45, 2.75) is 32.2 Å². The van der Waals surface area contributed by atoms with Crippen LogP contribution in [-0.2, 0) is 0 Å². The number of amides is 1. The van der Waals surface area contributed by atoms with E-state index in [-0.39, 0.29) is 17.5 Å². The maximum absolute atomic E-state index is 12.9. The standard InChI is InChI=1S/C18H18N2O2S/c1-11-6-4-5-9-20(11)18(22)15-10-13-16(23-15)12-7-2-3-8-14(12)19-17(13)21/h2-3,7-8,10-11H,4-6,9H2,1H3,(H,19,21). The van der Waals surface area contributed by atoms with Crippen molar-refractivity contribution in [2.24, 2.45) is 0 Å². The number of nitrogens with zero attached hydrogens (tertiary/aromatic N) is 1. The SMILES string of the molecule is CC1CCCCN1C(=O)c1cc2c(=O)[nH]c3ccccc3c2s1. The normalized spacial score (nSPS) is 18.7.